The molecule has 2 aromatic carbocycles. The van der Waals surface area contributed by atoms with Crippen molar-refractivity contribution in [2.24, 2.45) is 0 Å². The number of rotatable bonds is 3. The lowest BCUT2D eigenvalue weighted by atomic mass is 10.1. The molecule has 3 nitrogen and oxygen atoms in total. The summed E-state index contributed by atoms with van der Waals surface area (Å²) in [6.45, 7) is 0.668. The maximum Gasteiger partial charge on any atom is 0.123 e. The van der Waals surface area contributed by atoms with Crippen LogP contribution < -0.4 is 5.32 Å². The molecular formula is C16H12N2OS. The number of nitrogens with one attached hydrogen (secondary N) is 1. The summed E-state index contributed by atoms with van der Waals surface area (Å²) in [5, 5.41) is 25.7. The Morgan fingerprint density at radius 3 is 2.75 bits per heavy atom. The molecule has 0 aliphatic heterocycles. The highest BCUT2D eigenvalue weighted by atomic mass is 32.1. The van der Waals surface area contributed by atoms with Crippen LogP contribution in [-0.4, -0.2) is 5.11 Å². The first kappa shape index (κ1) is 12.5. The third-order valence-electron chi connectivity index (χ3n) is 3.13. The normalized spacial score (nSPS) is 10.3. The van der Waals surface area contributed by atoms with Gasteiger partial charge in [-0.15, -0.1) is 11.3 Å². The zero-order chi connectivity index (χ0) is 13.9. The fourth-order valence-electron chi connectivity index (χ4n) is 2.16. The highest BCUT2D eigenvalue weighted by molar-refractivity contribution is 7.10. The second-order valence-electron chi connectivity index (χ2n) is 4.44. The Labute approximate surface area is 120 Å². The van der Waals surface area contributed by atoms with Crippen molar-refractivity contribution in [3.8, 4) is 11.8 Å². The number of hydrogen-bond acceptors (Lipinski definition) is 4. The molecule has 3 aromatic rings. The molecule has 1 aromatic heterocycles. The lowest BCUT2D eigenvalue weighted by molar-refractivity contribution is 0.481. The number of nitrogens with zero attached hydrogens (tertiary/aromatic N) is 1. The summed E-state index contributed by atoms with van der Waals surface area (Å²) < 4.78 is 0. The van der Waals surface area contributed by atoms with Crippen LogP contribution in [0, 0.1) is 11.3 Å². The smallest absolute Gasteiger partial charge is 0.123 e. The van der Waals surface area contributed by atoms with Crippen LogP contribution in [0.5, 0.6) is 5.75 Å². The van der Waals surface area contributed by atoms with Crippen molar-refractivity contribution in [3.63, 3.8) is 0 Å². The number of anilines is 1. The van der Waals surface area contributed by atoms with Crippen LogP contribution in [0.25, 0.3) is 10.8 Å². The largest absolute Gasteiger partial charge is 0.507 e. The van der Waals surface area contributed by atoms with Crippen LogP contribution in [0.1, 0.15) is 10.4 Å². The van der Waals surface area contributed by atoms with Gasteiger partial charge in [-0.05, 0) is 18.2 Å². The molecule has 0 spiro atoms. The van der Waals surface area contributed by atoms with E-state index >= 15 is 0 Å². The van der Waals surface area contributed by atoms with Crippen molar-refractivity contribution in [1.82, 2.24) is 0 Å². The van der Waals surface area contributed by atoms with Gasteiger partial charge < -0.3 is 10.4 Å². The molecule has 0 fully saturated rings. The van der Waals surface area contributed by atoms with Crippen LogP contribution >= 0.6 is 11.3 Å². The molecule has 98 valence electrons. The molecule has 0 radical (unpaired) electrons. The van der Waals surface area contributed by atoms with Crippen LogP contribution in [0.15, 0.2) is 47.8 Å². The number of phenolic OH excluding ortho intramolecular Hbond substituents is 1. The molecule has 0 saturated carbocycles. The topological polar surface area (TPSA) is 56.0 Å². The lowest BCUT2D eigenvalue weighted by Crippen LogP contribution is -1.97. The number of thiophene rings is 1. The Kier molecular flexibility index (Phi) is 3.28. The fraction of sp³-hybridized carbons (Fsp3) is 0.0625. The molecule has 1 heterocycles. The van der Waals surface area contributed by atoms with Crippen LogP contribution in [0.4, 0.5) is 5.69 Å². The van der Waals surface area contributed by atoms with E-state index in [1.54, 1.807) is 17.4 Å². The first-order valence-corrected chi connectivity index (χ1v) is 7.08. The van der Waals surface area contributed by atoms with E-state index in [1.807, 2.05) is 41.8 Å². The Bertz CT molecular complexity index is 802. The van der Waals surface area contributed by atoms with E-state index in [0.717, 1.165) is 21.3 Å². The van der Waals surface area contributed by atoms with Gasteiger partial charge in [0.15, 0.2) is 0 Å². The van der Waals surface area contributed by atoms with Gasteiger partial charge in [-0.1, -0.05) is 24.3 Å². The zero-order valence-electron chi connectivity index (χ0n) is 10.6. The Morgan fingerprint density at radius 2 is 1.95 bits per heavy atom. The second-order valence-corrected chi connectivity index (χ2v) is 5.44. The molecule has 0 unspecified atom stereocenters. The number of nitriles is 1. The monoisotopic (exact) mass is 280 g/mol. The van der Waals surface area contributed by atoms with Gasteiger partial charge >= 0.3 is 0 Å². The predicted octanol–water partition coefficient (Wildman–Crippen LogP) is 4.09. The third kappa shape index (κ3) is 2.31. The van der Waals surface area contributed by atoms with Gasteiger partial charge in [-0.25, -0.2) is 0 Å². The van der Waals surface area contributed by atoms with Gasteiger partial charge in [-0.3, -0.25) is 0 Å². The van der Waals surface area contributed by atoms with Crippen molar-refractivity contribution in [1.29, 1.82) is 5.26 Å². The number of fused-ring (bicyclic) bond motifs is 1. The van der Waals surface area contributed by atoms with Crippen molar-refractivity contribution in [2.75, 3.05) is 5.32 Å². The summed E-state index contributed by atoms with van der Waals surface area (Å²) in [6.07, 6.45) is 0. The molecular weight excluding hydrogens is 268 g/mol. The summed E-state index contributed by atoms with van der Waals surface area (Å²) >= 11 is 1.57. The van der Waals surface area contributed by atoms with E-state index < -0.39 is 0 Å². The first-order chi connectivity index (χ1) is 9.78. The quantitative estimate of drug-likeness (QED) is 0.759. The van der Waals surface area contributed by atoms with Gasteiger partial charge in [0.25, 0.3) is 0 Å². The lowest BCUT2D eigenvalue weighted by Gasteiger charge is -2.09. The summed E-state index contributed by atoms with van der Waals surface area (Å²) in [5.74, 6) is 0.286. The van der Waals surface area contributed by atoms with Crippen molar-refractivity contribution in [3.05, 3.63) is 58.3 Å². The van der Waals surface area contributed by atoms with E-state index in [9.17, 15) is 5.11 Å². The van der Waals surface area contributed by atoms with E-state index in [4.69, 9.17) is 5.26 Å². The van der Waals surface area contributed by atoms with E-state index in [0.29, 0.717) is 12.1 Å². The average molecular weight is 280 g/mol. The Balaban J connectivity index is 1.88. The molecule has 3 rings (SSSR count). The minimum Gasteiger partial charge on any atom is -0.507 e. The van der Waals surface area contributed by atoms with E-state index in [1.165, 1.54) is 0 Å². The van der Waals surface area contributed by atoms with Crippen LogP contribution in [-0.2, 0) is 6.54 Å². The maximum absolute atomic E-state index is 9.85. The summed E-state index contributed by atoms with van der Waals surface area (Å²) in [4.78, 5) is 1.11. The van der Waals surface area contributed by atoms with Crippen LogP contribution in [0.2, 0.25) is 0 Å². The molecule has 0 aliphatic carbocycles. The summed E-state index contributed by atoms with van der Waals surface area (Å²) in [5.41, 5.74) is 1.67. The SMILES string of the molecule is N#Cc1csc(CNc2cccc3c(O)cccc23)c1. The molecule has 0 aliphatic rings. The average Bonchev–Trinajstić information content (AvgIpc) is 2.94. The fourth-order valence-corrected chi connectivity index (χ4v) is 2.91. The van der Waals surface area contributed by atoms with E-state index in [2.05, 4.69) is 11.4 Å². The van der Waals surface area contributed by atoms with Gasteiger partial charge in [0.2, 0.25) is 0 Å². The number of hydrogen-bond donors (Lipinski definition) is 2. The molecule has 0 amide bonds. The Hall–Kier alpha value is -2.51. The van der Waals surface area contributed by atoms with Gasteiger partial charge in [0.1, 0.15) is 11.8 Å². The zero-order valence-corrected chi connectivity index (χ0v) is 11.4. The highest BCUT2D eigenvalue weighted by Gasteiger charge is 2.04. The molecule has 20 heavy (non-hydrogen) atoms. The Morgan fingerprint density at radius 1 is 1.15 bits per heavy atom. The minimum atomic E-state index is 0.286. The maximum atomic E-state index is 9.85. The molecule has 4 heteroatoms. The molecule has 2 N–H and O–H groups in total. The van der Waals surface area contributed by atoms with Crippen molar-refractivity contribution in [2.45, 2.75) is 6.54 Å². The molecule has 0 atom stereocenters. The van der Waals surface area contributed by atoms with Gasteiger partial charge in [0.05, 0.1) is 5.56 Å². The standard InChI is InChI=1S/C16H12N2OS/c17-8-11-7-12(20-10-11)9-18-15-5-1-4-14-13(15)3-2-6-16(14)19/h1-7,10,18-19H,9H2. The molecule has 0 bridgehead atoms. The van der Waals surface area contributed by atoms with Gasteiger partial charge in [-0.2, -0.15) is 5.26 Å². The van der Waals surface area contributed by atoms with Crippen LogP contribution in [0.3, 0.4) is 0 Å². The number of benzene rings is 2. The first-order valence-electron chi connectivity index (χ1n) is 6.20. The summed E-state index contributed by atoms with van der Waals surface area (Å²) in [7, 11) is 0. The van der Waals surface area contributed by atoms with E-state index in [-0.39, 0.29) is 5.75 Å². The predicted molar refractivity (Wildman–Crippen MR) is 82.0 cm³/mol. The minimum absolute atomic E-state index is 0.286. The second kappa shape index (κ2) is 5.24. The third-order valence-corrected chi connectivity index (χ3v) is 4.07. The highest BCUT2D eigenvalue weighted by Crippen LogP contribution is 2.30. The number of phenols is 1. The van der Waals surface area contributed by atoms with Gasteiger partial charge in [0, 0.05) is 33.3 Å². The van der Waals surface area contributed by atoms with Crippen molar-refractivity contribution < 1.29 is 5.11 Å². The molecule has 0 saturated heterocycles. The summed E-state index contributed by atoms with van der Waals surface area (Å²) in [6, 6.07) is 15.3. The van der Waals surface area contributed by atoms with Crippen molar-refractivity contribution >= 4 is 27.8 Å². The number of aromatic hydroxyl groups is 1.